The molecule has 0 aromatic heterocycles. The summed E-state index contributed by atoms with van der Waals surface area (Å²) in [6.45, 7) is 3.12. The van der Waals surface area contributed by atoms with Crippen molar-refractivity contribution in [1.29, 1.82) is 0 Å². The third-order valence-electron chi connectivity index (χ3n) is 6.71. The SMILES string of the molecule is COCCOc1c(OC)cc(C2CCC(c3cc(OC)c(OC)c(OC)c3)S2)cc1N1CCCC1. The monoisotopic (exact) mass is 503 g/mol. The lowest BCUT2D eigenvalue weighted by atomic mass is 10.0. The van der Waals surface area contributed by atoms with Crippen LogP contribution in [0.3, 0.4) is 0 Å². The Morgan fingerprint density at radius 1 is 0.714 bits per heavy atom. The van der Waals surface area contributed by atoms with Gasteiger partial charge >= 0.3 is 0 Å². The Bertz CT molecular complexity index is 969. The summed E-state index contributed by atoms with van der Waals surface area (Å²) in [5.41, 5.74) is 3.60. The molecular formula is C27H37NO6S. The van der Waals surface area contributed by atoms with Gasteiger partial charge in [0.1, 0.15) is 6.61 Å². The number of ether oxygens (including phenoxy) is 6. The highest BCUT2D eigenvalue weighted by Crippen LogP contribution is 2.56. The van der Waals surface area contributed by atoms with Crippen LogP contribution >= 0.6 is 11.8 Å². The van der Waals surface area contributed by atoms with Gasteiger partial charge in [-0.15, -0.1) is 11.8 Å². The van der Waals surface area contributed by atoms with Crippen molar-refractivity contribution in [3.63, 3.8) is 0 Å². The molecule has 0 bridgehead atoms. The Kier molecular flexibility index (Phi) is 8.78. The first kappa shape index (κ1) is 25.6. The number of nitrogens with zero attached hydrogens (tertiary/aromatic N) is 1. The van der Waals surface area contributed by atoms with Crippen molar-refractivity contribution in [2.75, 3.05) is 66.8 Å². The van der Waals surface area contributed by atoms with Crippen molar-refractivity contribution in [3.8, 4) is 28.7 Å². The topological polar surface area (TPSA) is 58.6 Å². The molecule has 0 amide bonds. The second-order valence-electron chi connectivity index (χ2n) is 8.76. The normalized spacial score (nSPS) is 19.6. The minimum atomic E-state index is 0.340. The predicted octanol–water partition coefficient (Wildman–Crippen LogP) is 5.66. The minimum absolute atomic E-state index is 0.340. The van der Waals surface area contributed by atoms with Crippen LogP contribution in [-0.4, -0.2) is 61.9 Å². The van der Waals surface area contributed by atoms with Gasteiger partial charge in [-0.3, -0.25) is 0 Å². The van der Waals surface area contributed by atoms with Gasteiger partial charge in [0.25, 0.3) is 0 Å². The maximum absolute atomic E-state index is 6.15. The maximum Gasteiger partial charge on any atom is 0.203 e. The van der Waals surface area contributed by atoms with Crippen LogP contribution < -0.4 is 28.6 Å². The molecule has 2 aromatic carbocycles. The van der Waals surface area contributed by atoms with Crippen LogP contribution in [0.4, 0.5) is 5.69 Å². The fraction of sp³-hybridized carbons (Fsp3) is 0.556. The standard InChI is InChI=1S/C27H37NO6S/c1-29-12-13-34-26-20(28-10-6-7-11-28)14-18(15-21(26)30-2)24-8-9-25(35-24)19-16-22(31-3)27(33-5)23(17-19)32-4/h14-17,24-25H,6-13H2,1-5H3. The number of benzene rings is 2. The fourth-order valence-corrected chi connectivity index (χ4v) is 6.45. The van der Waals surface area contributed by atoms with Gasteiger partial charge in [-0.1, -0.05) is 0 Å². The Morgan fingerprint density at radius 3 is 1.77 bits per heavy atom. The van der Waals surface area contributed by atoms with E-state index in [9.17, 15) is 0 Å². The molecule has 2 saturated heterocycles. The average molecular weight is 504 g/mol. The third-order valence-corrected chi connectivity index (χ3v) is 8.38. The highest BCUT2D eigenvalue weighted by Gasteiger charge is 2.31. The van der Waals surface area contributed by atoms with Gasteiger partial charge in [0.05, 0.1) is 40.7 Å². The van der Waals surface area contributed by atoms with Gasteiger partial charge < -0.3 is 33.3 Å². The van der Waals surface area contributed by atoms with E-state index in [4.69, 9.17) is 28.4 Å². The van der Waals surface area contributed by atoms with E-state index in [-0.39, 0.29) is 0 Å². The molecule has 0 saturated carbocycles. The smallest absolute Gasteiger partial charge is 0.203 e. The molecule has 2 heterocycles. The zero-order chi connectivity index (χ0) is 24.8. The molecule has 8 heteroatoms. The van der Waals surface area contributed by atoms with E-state index in [1.165, 1.54) is 24.0 Å². The molecule has 4 rings (SSSR count). The first-order chi connectivity index (χ1) is 17.1. The summed E-state index contributed by atoms with van der Waals surface area (Å²) in [4.78, 5) is 2.42. The molecule has 2 aliphatic heterocycles. The van der Waals surface area contributed by atoms with Crippen molar-refractivity contribution in [2.24, 2.45) is 0 Å². The van der Waals surface area contributed by atoms with E-state index in [1.54, 1.807) is 35.5 Å². The molecule has 192 valence electrons. The molecule has 0 aliphatic carbocycles. The number of hydrogen-bond donors (Lipinski definition) is 0. The Labute approximate surface area is 213 Å². The summed E-state index contributed by atoms with van der Waals surface area (Å²) in [6.07, 6.45) is 4.55. The van der Waals surface area contributed by atoms with Gasteiger partial charge in [-0.2, -0.15) is 0 Å². The molecular weight excluding hydrogens is 466 g/mol. The Morgan fingerprint density at radius 2 is 1.26 bits per heavy atom. The van der Waals surface area contributed by atoms with E-state index in [2.05, 4.69) is 29.2 Å². The van der Waals surface area contributed by atoms with Crippen molar-refractivity contribution in [3.05, 3.63) is 35.4 Å². The highest BCUT2D eigenvalue weighted by molar-refractivity contribution is 8.00. The van der Waals surface area contributed by atoms with Gasteiger partial charge in [0.2, 0.25) is 5.75 Å². The largest absolute Gasteiger partial charge is 0.493 e. The number of thioether (sulfide) groups is 1. The number of methoxy groups -OCH3 is 5. The van der Waals surface area contributed by atoms with Crippen LogP contribution in [0.1, 0.15) is 47.3 Å². The number of anilines is 1. The Hall–Kier alpha value is -2.45. The third kappa shape index (κ3) is 5.54. The highest BCUT2D eigenvalue weighted by atomic mass is 32.2. The molecule has 2 atom stereocenters. The van der Waals surface area contributed by atoms with Gasteiger partial charge in [0, 0.05) is 30.7 Å². The summed E-state index contributed by atoms with van der Waals surface area (Å²) in [6, 6.07) is 8.61. The molecule has 2 aromatic rings. The van der Waals surface area contributed by atoms with E-state index >= 15 is 0 Å². The zero-order valence-corrected chi connectivity index (χ0v) is 22.2. The summed E-state index contributed by atoms with van der Waals surface area (Å²) < 4.78 is 33.9. The van der Waals surface area contributed by atoms with Crippen LogP contribution in [-0.2, 0) is 4.74 Å². The molecule has 0 N–H and O–H groups in total. The van der Waals surface area contributed by atoms with E-state index < -0.39 is 0 Å². The summed E-state index contributed by atoms with van der Waals surface area (Å²) >= 11 is 1.98. The average Bonchev–Trinajstić information content (AvgIpc) is 3.60. The van der Waals surface area contributed by atoms with Crippen LogP contribution in [0.2, 0.25) is 0 Å². The quantitative estimate of drug-likeness (QED) is 0.364. The van der Waals surface area contributed by atoms with Crippen molar-refractivity contribution < 1.29 is 28.4 Å². The van der Waals surface area contributed by atoms with E-state index in [0.29, 0.717) is 41.0 Å². The summed E-state index contributed by atoms with van der Waals surface area (Å²) in [5, 5.41) is 0.704. The van der Waals surface area contributed by atoms with E-state index in [0.717, 1.165) is 43.1 Å². The fourth-order valence-electron chi connectivity index (χ4n) is 4.93. The van der Waals surface area contributed by atoms with Crippen LogP contribution in [0.25, 0.3) is 0 Å². The maximum atomic E-state index is 6.15. The number of hydrogen-bond acceptors (Lipinski definition) is 8. The van der Waals surface area contributed by atoms with Crippen molar-refractivity contribution in [1.82, 2.24) is 0 Å². The lowest BCUT2D eigenvalue weighted by Crippen LogP contribution is -2.20. The summed E-state index contributed by atoms with van der Waals surface area (Å²) in [7, 11) is 8.36. The van der Waals surface area contributed by atoms with Crippen LogP contribution in [0, 0.1) is 0 Å². The molecule has 2 aliphatic rings. The second kappa shape index (κ2) is 12.0. The van der Waals surface area contributed by atoms with Gasteiger partial charge in [0.15, 0.2) is 23.0 Å². The lowest BCUT2D eigenvalue weighted by molar-refractivity contribution is 0.144. The van der Waals surface area contributed by atoms with Crippen LogP contribution in [0.15, 0.2) is 24.3 Å². The van der Waals surface area contributed by atoms with Crippen molar-refractivity contribution in [2.45, 2.75) is 36.2 Å². The number of rotatable bonds is 11. The molecule has 2 fully saturated rings. The molecule has 0 radical (unpaired) electrons. The van der Waals surface area contributed by atoms with Crippen LogP contribution in [0.5, 0.6) is 28.7 Å². The van der Waals surface area contributed by atoms with Crippen molar-refractivity contribution >= 4 is 17.4 Å². The summed E-state index contributed by atoms with van der Waals surface area (Å²) in [5.74, 6) is 3.63. The zero-order valence-electron chi connectivity index (χ0n) is 21.4. The lowest BCUT2D eigenvalue weighted by Gasteiger charge is -2.25. The molecule has 0 spiro atoms. The van der Waals surface area contributed by atoms with E-state index in [1.807, 2.05) is 11.8 Å². The first-order valence-electron chi connectivity index (χ1n) is 12.2. The Balaban J connectivity index is 1.62. The van der Waals surface area contributed by atoms with Gasteiger partial charge in [-0.05, 0) is 61.1 Å². The minimum Gasteiger partial charge on any atom is -0.493 e. The molecule has 35 heavy (non-hydrogen) atoms. The molecule has 2 unspecified atom stereocenters. The van der Waals surface area contributed by atoms with Gasteiger partial charge in [-0.25, -0.2) is 0 Å². The second-order valence-corrected chi connectivity index (χ2v) is 10.2. The first-order valence-corrected chi connectivity index (χ1v) is 13.1. The molecule has 7 nitrogen and oxygen atoms in total. The predicted molar refractivity (Wildman–Crippen MR) is 140 cm³/mol.